The maximum Gasteiger partial charge on any atom is 0.269 e. The van der Waals surface area contributed by atoms with Crippen molar-refractivity contribution in [2.45, 2.75) is 18.7 Å². The van der Waals surface area contributed by atoms with Crippen LogP contribution in [0.25, 0.3) is 0 Å². The van der Waals surface area contributed by atoms with Gasteiger partial charge in [0.15, 0.2) is 0 Å². The Balaban J connectivity index is 1.65. The molecule has 8 heteroatoms. The second-order valence-corrected chi connectivity index (χ2v) is 8.39. The Kier molecular flexibility index (Phi) is 6.17. The number of hydrazine groups is 1. The normalized spacial score (nSPS) is 10.9. The van der Waals surface area contributed by atoms with Gasteiger partial charge in [-0.3, -0.25) is 25.2 Å². The number of hydrogen-bond donors (Lipinski definition) is 3. The number of sulfonamides is 1. The minimum atomic E-state index is -3.80. The van der Waals surface area contributed by atoms with E-state index in [1.165, 1.54) is 24.3 Å². The van der Waals surface area contributed by atoms with Crippen LogP contribution in [0.1, 0.15) is 31.8 Å². The molecular formula is C22H21N3O4S. The van der Waals surface area contributed by atoms with Gasteiger partial charge in [0.2, 0.25) is 0 Å². The minimum absolute atomic E-state index is 0.0191. The fourth-order valence-corrected chi connectivity index (χ4v) is 3.70. The number of nitrogens with one attached hydrogen (secondary N) is 3. The number of carbonyl (C=O) groups is 2. The highest BCUT2D eigenvalue weighted by molar-refractivity contribution is 7.92. The second kappa shape index (κ2) is 8.79. The fraction of sp³-hybridized carbons (Fsp3) is 0.0909. The molecule has 2 amide bonds. The van der Waals surface area contributed by atoms with Crippen LogP contribution in [0.4, 0.5) is 5.69 Å². The second-order valence-electron chi connectivity index (χ2n) is 6.70. The van der Waals surface area contributed by atoms with E-state index in [1.807, 2.05) is 19.9 Å². The molecule has 0 saturated heterocycles. The van der Waals surface area contributed by atoms with E-state index in [0.717, 1.165) is 11.1 Å². The van der Waals surface area contributed by atoms with Crippen LogP contribution in [0.3, 0.4) is 0 Å². The molecule has 3 rings (SSSR count). The summed E-state index contributed by atoms with van der Waals surface area (Å²) in [6.07, 6.45) is 0. The van der Waals surface area contributed by atoms with Gasteiger partial charge < -0.3 is 0 Å². The molecule has 0 radical (unpaired) electrons. The molecule has 0 saturated carbocycles. The summed E-state index contributed by atoms with van der Waals surface area (Å²) >= 11 is 0. The third kappa shape index (κ3) is 5.03. The average molecular weight is 423 g/mol. The lowest BCUT2D eigenvalue weighted by Crippen LogP contribution is -2.41. The lowest BCUT2D eigenvalue weighted by molar-refractivity contribution is 0.0846. The molecule has 0 fully saturated rings. The molecule has 0 spiro atoms. The molecule has 0 aliphatic rings. The highest BCUT2D eigenvalue weighted by Gasteiger charge is 2.16. The smallest absolute Gasteiger partial charge is 0.269 e. The van der Waals surface area contributed by atoms with Crippen molar-refractivity contribution in [3.63, 3.8) is 0 Å². The summed E-state index contributed by atoms with van der Waals surface area (Å²) in [7, 11) is -3.80. The molecule has 0 unspecified atom stereocenters. The summed E-state index contributed by atoms with van der Waals surface area (Å²) in [5.41, 5.74) is 7.72. The van der Waals surface area contributed by atoms with E-state index in [2.05, 4.69) is 15.6 Å². The largest absolute Gasteiger partial charge is 0.280 e. The Morgan fingerprint density at radius 3 is 1.83 bits per heavy atom. The quantitative estimate of drug-likeness (QED) is 0.548. The number of anilines is 1. The Morgan fingerprint density at radius 2 is 1.27 bits per heavy atom. The Hall–Kier alpha value is -3.65. The zero-order valence-corrected chi connectivity index (χ0v) is 17.3. The summed E-state index contributed by atoms with van der Waals surface area (Å²) < 4.78 is 27.7. The van der Waals surface area contributed by atoms with Gasteiger partial charge in [-0.25, -0.2) is 8.42 Å². The summed E-state index contributed by atoms with van der Waals surface area (Å²) in [5.74, 6) is -1.02. The molecule has 3 aromatic rings. The standard InChI is InChI=1S/C22H21N3O4S/c1-15-8-11-19(14-16(15)2)25-30(28,29)20-12-9-18(10-13-20)22(27)24-23-21(26)17-6-4-3-5-7-17/h3-14,25H,1-2H3,(H,23,26)(H,24,27). The van der Waals surface area contributed by atoms with Crippen molar-refractivity contribution in [1.82, 2.24) is 10.9 Å². The van der Waals surface area contributed by atoms with Crippen molar-refractivity contribution in [3.05, 3.63) is 95.1 Å². The van der Waals surface area contributed by atoms with Crippen LogP contribution in [-0.4, -0.2) is 20.2 Å². The molecule has 3 aromatic carbocycles. The fourth-order valence-electron chi connectivity index (χ4n) is 2.65. The summed E-state index contributed by atoms with van der Waals surface area (Å²) in [5, 5.41) is 0. The predicted molar refractivity (Wildman–Crippen MR) is 115 cm³/mol. The maximum absolute atomic E-state index is 12.6. The average Bonchev–Trinajstić information content (AvgIpc) is 2.75. The molecule has 0 aliphatic carbocycles. The van der Waals surface area contributed by atoms with Crippen molar-refractivity contribution in [2.75, 3.05) is 4.72 Å². The predicted octanol–water partition coefficient (Wildman–Crippen LogP) is 3.18. The SMILES string of the molecule is Cc1ccc(NS(=O)(=O)c2ccc(C(=O)NNC(=O)c3ccccc3)cc2)cc1C. The van der Waals surface area contributed by atoms with Crippen molar-refractivity contribution >= 4 is 27.5 Å². The molecule has 0 aromatic heterocycles. The van der Waals surface area contributed by atoms with Crippen molar-refractivity contribution in [2.24, 2.45) is 0 Å². The molecule has 0 bridgehead atoms. The van der Waals surface area contributed by atoms with Crippen LogP contribution in [-0.2, 0) is 10.0 Å². The lowest BCUT2D eigenvalue weighted by Gasteiger charge is -2.11. The van der Waals surface area contributed by atoms with Crippen LogP contribution in [0.5, 0.6) is 0 Å². The lowest BCUT2D eigenvalue weighted by atomic mass is 10.1. The van der Waals surface area contributed by atoms with Gasteiger partial charge in [-0.1, -0.05) is 24.3 Å². The van der Waals surface area contributed by atoms with E-state index in [9.17, 15) is 18.0 Å². The Labute approximate surface area is 175 Å². The number of rotatable bonds is 5. The molecule has 0 atom stereocenters. The first-order valence-electron chi connectivity index (χ1n) is 9.12. The first kappa shape index (κ1) is 21.1. The zero-order chi connectivity index (χ0) is 21.7. The van der Waals surface area contributed by atoms with Crippen LogP contribution >= 0.6 is 0 Å². The van der Waals surface area contributed by atoms with Gasteiger partial charge in [0.1, 0.15) is 0 Å². The topological polar surface area (TPSA) is 104 Å². The molecule has 3 N–H and O–H groups in total. The summed E-state index contributed by atoms with van der Waals surface area (Å²) in [6.45, 7) is 3.84. The minimum Gasteiger partial charge on any atom is -0.280 e. The van der Waals surface area contributed by atoms with Crippen LogP contribution in [0.15, 0.2) is 77.7 Å². The van der Waals surface area contributed by atoms with Crippen molar-refractivity contribution in [1.29, 1.82) is 0 Å². The highest BCUT2D eigenvalue weighted by atomic mass is 32.2. The monoisotopic (exact) mass is 423 g/mol. The van der Waals surface area contributed by atoms with Crippen LogP contribution < -0.4 is 15.6 Å². The van der Waals surface area contributed by atoms with Gasteiger partial charge in [0.25, 0.3) is 21.8 Å². The number of hydrogen-bond acceptors (Lipinski definition) is 4. The van der Waals surface area contributed by atoms with Crippen LogP contribution in [0.2, 0.25) is 0 Å². The van der Waals surface area contributed by atoms with E-state index < -0.39 is 21.8 Å². The first-order valence-corrected chi connectivity index (χ1v) is 10.6. The molecule has 30 heavy (non-hydrogen) atoms. The van der Waals surface area contributed by atoms with Gasteiger partial charge in [-0.15, -0.1) is 0 Å². The van der Waals surface area contributed by atoms with E-state index in [-0.39, 0.29) is 10.5 Å². The highest BCUT2D eigenvalue weighted by Crippen LogP contribution is 2.19. The number of amides is 2. The molecule has 154 valence electrons. The number of aryl methyl sites for hydroxylation is 2. The Morgan fingerprint density at radius 1 is 0.700 bits per heavy atom. The van der Waals surface area contributed by atoms with E-state index in [1.54, 1.807) is 42.5 Å². The Bertz CT molecular complexity index is 1170. The van der Waals surface area contributed by atoms with Gasteiger partial charge >= 0.3 is 0 Å². The zero-order valence-electron chi connectivity index (χ0n) is 16.5. The molecule has 0 heterocycles. The van der Waals surface area contributed by atoms with Crippen LogP contribution in [0, 0.1) is 13.8 Å². The third-order valence-corrected chi connectivity index (χ3v) is 5.91. The van der Waals surface area contributed by atoms with E-state index >= 15 is 0 Å². The van der Waals surface area contributed by atoms with Crippen molar-refractivity contribution < 1.29 is 18.0 Å². The summed E-state index contributed by atoms with van der Waals surface area (Å²) in [6, 6.07) is 19.1. The molecular weight excluding hydrogens is 402 g/mol. The molecule has 7 nitrogen and oxygen atoms in total. The number of benzene rings is 3. The van der Waals surface area contributed by atoms with E-state index in [4.69, 9.17) is 0 Å². The third-order valence-electron chi connectivity index (χ3n) is 4.51. The van der Waals surface area contributed by atoms with Gasteiger partial charge in [0.05, 0.1) is 4.90 Å². The molecule has 0 aliphatic heterocycles. The van der Waals surface area contributed by atoms with Gasteiger partial charge in [-0.05, 0) is 73.5 Å². The van der Waals surface area contributed by atoms with Crippen molar-refractivity contribution in [3.8, 4) is 0 Å². The van der Waals surface area contributed by atoms with Gasteiger partial charge in [0, 0.05) is 16.8 Å². The van der Waals surface area contributed by atoms with E-state index in [0.29, 0.717) is 11.3 Å². The van der Waals surface area contributed by atoms with Gasteiger partial charge in [-0.2, -0.15) is 0 Å². The number of carbonyl (C=O) groups excluding carboxylic acids is 2. The summed E-state index contributed by atoms with van der Waals surface area (Å²) in [4.78, 5) is 24.2. The first-order chi connectivity index (χ1) is 14.3. The maximum atomic E-state index is 12.6.